The molecule has 0 unspecified atom stereocenters. The van der Waals surface area contributed by atoms with Gasteiger partial charge in [-0.1, -0.05) is 20.1 Å². The SMILES string of the molecule is C=CC(=O)O.C=CC(=O)O.CCC(CO)(CO)CO.O=C(O)C12CC3CC(CC(C3)C1)C2. The molecule has 184 valence electrons. The minimum Gasteiger partial charge on any atom is -0.481 e. The zero-order chi connectivity index (χ0) is 24.9. The van der Waals surface area contributed by atoms with Crippen molar-refractivity contribution in [1.29, 1.82) is 0 Å². The zero-order valence-corrected chi connectivity index (χ0v) is 18.8. The van der Waals surface area contributed by atoms with Crippen LogP contribution in [0.3, 0.4) is 0 Å². The van der Waals surface area contributed by atoms with Crippen LogP contribution in [-0.2, 0) is 14.4 Å². The van der Waals surface area contributed by atoms with E-state index in [2.05, 4.69) is 13.2 Å². The highest BCUT2D eigenvalue weighted by Crippen LogP contribution is 2.60. The minimum absolute atomic E-state index is 0.156. The zero-order valence-electron chi connectivity index (χ0n) is 18.8. The molecule has 0 aliphatic heterocycles. The molecule has 4 bridgehead atoms. The van der Waals surface area contributed by atoms with E-state index in [0.717, 1.165) is 49.2 Å². The lowest BCUT2D eigenvalue weighted by atomic mass is 9.49. The maximum Gasteiger partial charge on any atom is 0.327 e. The summed E-state index contributed by atoms with van der Waals surface area (Å²) >= 11 is 0. The van der Waals surface area contributed by atoms with Gasteiger partial charge in [-0.15, -0.1) is 0 Å². The molecular formula is C23H38O9. The Morgan fingerprint density at radius 3 is 1.22 bits per heavy atom. The Bertz CT molecular complexity index is 567. The van der Waals surface area contributed by atoms with Crippen molar-refractivity contribution in [3.63, 3.8) is 0 Å². The minimum atomic E-state index is -0.981. The maximum atomic E-state index is 11.3. The van der Waals surface area contributed by atoms with E-state index < -0.39 is 23.3 Å². The number of carbonyl (C=O) groups is 3. The smallest absolute Gasteiger partial charge is 0.327 e. The maximum absolute atomic E-state index is 11.3. The first-order chi connectivity index (χ1) is 15.0. The van der Waals surface area contributed by atoms with Gasteiger partial charge in [-0.25, -0.2) is 9.59 Å². The van der Waals surface area contributed by atoms with Gasteiger partial charge in [0.25, 0.3) is 0 Å². The van der Waals surface area contributed by atoms with Gasteiger partial charge in [-0.05, 0) is 62.7 Å². The van der Waals surface area contributed by atoms with E-state index in [1.165, 1.54) is 19.3 Å². The fraction of sp³-hybridized carbons (Fsp3) is 0.696. The summed E-state index contributed by atoms with van der Waals surface area (Å²) in [5.74, 6) is -0.214. The van der Waals surface area contributed by atoms with Gasteiger partial charge < -0.3 is 30.6 Å². The van der Waals surface area contributed by atoms with E-state index in [1.54, 1.807) is 0 Å². The molecule has 0 aromatic rings. The molecule has 4 aliphatic rings. The Balaban J connectivity index is 0.000000444. The molecule has 4 rings (SSSR count). The van der Waals surface area contributed by atoms with Crippen molar-refractivity contribution < 1.29 is 45.0 Å². The Morgan fingerprint density at radius 2 is 1.09 bits per heavy atom. The van der Waals surface area contributed by atoms with Gasteiger partial charge in [-0.2, -0.15) is 0 Å². The molecule has 0 radical (unpaired) electrons. The highest BCUT2D eigenvalue weighted by molar-refractivity contribution is 5.79. The number of rotatable bonds is 7. The van der Waals surface area contributed by atoms with Crippen molar-refractivity contribution in [1.82, 2.24) is 0 Å². The van der Waals surface area contributed by atoms with Crippen LogP contribution in [-0.4, -0.2) is 68.4 Å². The van der Waals surface area contributed by atoms with E-state index >= 15 is 0 Å². The van der Waals surface area contributed by atoms with Crippen LogP contribution < -0.4 is 0 Å². The lowest BCUT2D eigenvalue weighted by Crippen LogP contribution is -2.49. The number of hydrogen-bond acceptors (Lipinski definition) is 6. The van der Waals surface area contributed by atoms with Gasteiger partial charge in [0, 0.05) is 17.6 Å². The van der Waals surface area contributed by atoms with Crippen LogP contribution in [0, 0.1) is 28.6 Å². The first-order valence-corrected chi connectivity index (χ1v) is 10.7. The van der Waals surface area contributed by atoms with E-state index in [4.69, 9.17) is 25.5 Å². The number of carboxylic acid groups (broad SMARTS) is 3. The second-order valence-electron chi connectivity index (χ2n) is 8.92. The predicted molar refractivity (Wildman–Crippen MR) is 118 cm³/mol. The van der Waals surface area contributed by atoms with Crippen molar-refractivity contribution >= 4 is 17.9 Å². The van der Waals surface area contributed by atoms with Crippen LogP contribution in [0.25, 0.3) is 0 Å². The first kappa shape index (κ1) is 29.8. The summed E-state index contributed by atoms with van der Waals surface area (Å²) in [4.78, 5) is 29.8. The average molecular weight is 459 g/mol. The Hall–Kier alpha value is -2.23. The van der Waals surface area contributed by atoms with Crippen molar-refractivity contribution in [2.24, 2.45) is 28.6 Å². The molecule has 0 amide bonds. The third-order valence-corrected chi connectivity index (χ3v) is 6.60. The molecule has 4 saturated carbocycles. The quantitative estimate of drug-likeness (QED) is 0.313. The normalized spacial score (nSPS) is 26.7. The fourth-order valence-corrected chi connectivity index (χ4v) is 4.86. The van der Waals surface area contributed by atoms with E-state index in [-0.39, 0.29) is 25.2 Å². The van der Waals surface area contributed by atoms with Crippen molar-refractivity contribution in [2.45, 2.75) is 51.9 Å². The summed E-state index contributed by atoms with van der Waals surface area (Å²) < 4.78 is 0. The predicted octanol–water partition coefficient (Wildman–Crippen LogP) is 2.16. The average Bonchev–Trinajstić information content (AvgIpc) is 2.76. The molecule has 4 fully saturated rings. The van der Waals surface area contributed by atoms with Crippen LogP contribution in [0.5, 0.6) is 0 Å². The summed E-state index contributed by atoms with van der Waals surface area (Å²) in [6.07, 6.45) is 9.18. The Kier molecular flexibility index (Phi) is 13.0. The summed E-state index contributed by atoms with van der Waals surface area (Å²) in [5.41, 5.74) is -0.950. The van der Waals surface area contributed by atoms with E-state index in [1.807, 2.05) is 6.92 Å². The van der Waals surface area contributed by atoms with Crippen LogP contribution in [0.1, 0.15) is 51.9 Å². The van der Waals surface area contributed by atoms with Crippen molar-refractivity contribution in [3.8, 4) is 0 Å². The summed E-state index contributed by atoms with van der Waals surface area (Å²) in [6, 6.07) is 0. The molecule has 32 heavy (non-hydrogen) atoms. The molecular weight excluding hydrogens is 420 g/mol. The van der Waals surface area contributed by atoms with Gasteiger partial charge in [0.1, 0.15) is 0 Å². The van der Waals surface area contributed by atoms with Crippen molar-refractivity contribution in [3.05, 3.63) is 25.3 Å². The lowest BCUT2D eigenvalue weighted by molar-refractivity contribution is -0.164. The Morgan fingerprint density at radius 1 is 0.812 bits per heavy atom. The van der Waals surface area contributed by atoms with Crippen molar-refractivity contribution in [2.75, 3.05) is 19.8 Å². The number of hydrogen-bond donors (Lipinski definition) is 6. The molecule has 6 N–H and O–H groups in total. The monoisotopic (exact) mass is 458 g/mol. The van der Waals surface area contributed by atoms with Gasteiger partial charge in [0.2, 0.25) is 0 Å². The van der Waals surface area contributed by atoms with Crippen LogP contribution in [0.15, 0.2) is 25.3 Å². The molecule has 0 heterocycles. The topological polar surface area (TPSA) is 173 Å². The third-order valence-electron chi connectivity index (χ3n) is 6.60. The second kappa shape index (κ2) is 14.0. The molecule has 0 aromatic carbocycles. The summed E-state index contributed by atoms with van der Waals surface area (Å²) in [7, 11) is 0. The van der Waals surface area contributed by atoms with Crippen LogP contribution in [0.2, 0.25) is 0 Å². The van der Waals surface area contributed by atoms with Gasteiger partial charge in [0.05, 0.1) is 25.2 Å². The molecule has 4 aliphatic carbocycles. The molecule has 9 heteroatoms. The van der Waals surface area contributed by atoms with Gasteiger partial charge >= 0.3 is 17.9 Å². The van der Waals surface area contributed by atoms with E-state index in [9.17, 15) is 19.5 Å². The molecule has 0 saturated heterocycles. The van der Waals surface area contributed by atoms with Gasteiger partial charge in [0.15, 0.2) is 0 Å². The van der Waals surface area contributed by atoms with Gasteiger partial charge in [-0.3, -0.25) is 4.79 Å². The largest absolute Gasteiger partial charge is 0.481 e. The third kappa shape index (κ3) is 9.10. The van der Waals surface area contributed by atoms with E-state index in [0.29, 0.717) is 6.42 Å². The molecule has 0 spiro atoms. The molecule has 9 nitrogen and oxygen atoms in total. The summed E-state index contributed by atoms with van der Waals surface area (Å²) in [5, 5.41) is 50.5. The van der Waals surface area contributed by atoms with Crippen LogP contribution >= 0.6 is 0 Å². The highest BCUT2D eigenvalue weighted by Gasteiger charge is 2.54. The number of aliphatic hydroxyl groups excluding tert-OH is 3. The number of carboxylic acids is 3. The lowest BCUT2D eigenvalue weighted by Gasteiger charge is -2.54. The number of aliphatic carboxylic acids is 3. The van der Waals surface area contributed by atoms with Crippen LogP contribution in [0.4, 0.5) is 0 Å². The number of aliphatic hydroxyl groups is 3. The summed E-state index contributed by atoms with van der Waals surface area (Å²) in [6.45, 7) is 7.27. The highest BCUT2D eigenvalue weighted by atomic mass is 16.4. The molecule has 0 atom stereocenters. The Labute approximate surface area is 189 Å². The second-order valence-corrected chi connectivity index (χ2v) is 8.92. The molecule has 0 aromatic heterocycles. The fourth-order valence-electron chi connectivity index (χ4n) is 4.86. The standard InChI is InChI=1S/C11H16O2.C6H14O3.2C3H4O2/c12-10(13)11-4-7-1-8(5-11)3-9(2-7)6-11;1-2-6(3-7,4-8)5-9;2*1-2-3(4)5/h7-9H,1-6H2,(H,12,13);7-9H,2-5H2,1H3;2*2H,1H2,(H,4,5). The first-order valence-electron chi connectivity index (χ1n) is 10.7.